The summed E-state index contributed by atoms with van der Waals surface area (Å²) < 4.78 is 39.1. The molecule has 102 valence electrons. The molecule has 0 amide bonds. The number of nitrogens with zero attached hydrogens (tertiary/aromatic N) is 4. The summed E-state index contributed by atoms with van der Waals surface area (Å²) in [5.74, 6) is 0. The summed E-state index contributed by atoms with van der Waals surface area (Å²) in [6.07, 6.45) is 0.0113. The Bertz CT molecular complexity index is 759. The maximum absolute atomic E-state index is 12.5. The molecule has 4 nitrogen and oxygen atoms in total. The van der Waals surface area contributed by atoms with Gasteiger partial charge in [0.25, 0.3) is 0 Å². The fraction of sp³-hybridized carbons (Fsp3) is 0.154. The quantitative estimate of drug-likeness (QED) is 0.687. The first kappa shape index (κ1) is 12.6. The molecule has 0 aliphatic carbocycles. The Kier molecular flexibility index (Phi) is 2.70. The van der Waals surface area contributed by atoms with Gasteiger partial charge < -0.3 is 0 Å². The van der Waals surface area contributed by atoms with Crippen molar-refractivity contribution in [3.8, 4) is 11.1 Å². The highest BCUT2D eigenvalue weighted by molar-refractivity contribution is 5.92. The van der Waals surface area contributed by atoms with E-state index in [0.717, 1.165) is 17.0 Å². The molecule has 0 atom stereocenters. The largest absolute Gasteiger partial charge is 0.433 e. The first-order chi connectivity index (χ1) is 9.47. The molecule has 0 aliphatic heterocycles. The zero-order valence-corrected chi connectivity index (χ0v) is 10.4. The monoisotopic (exact) mass is 278 g/mol. The molecule has 0 aliphatic rings. The van der Waals surface area contributed by atoms with Crippen molar-refractivity contribution in [3.63, 3.8) is 0 Å². The van der Waals surface area contributed by atoms with Crippen molar-refractivity contribution in [2.75, 3.05) is 0 Å². The van der Waals surface area contributed by atoms with Crippen molar-refractivity contribution in [2.24, 2.45) is 7.05 Å². The summed E-state index contributed by atoms with van der Waals surface area (Å²) in [7, 11) is 1.75. The van der Waals surface area contributed by atoms with E-state index in [2.05, 4.69) is 15.1 Å². The predicted molar refractivity (Wildman–Crippen MR) is 66.7 cm³/mol. The van der Waals surface area contributed by atoms with E-state index in [1.807, 2.05) is 0 Å². The minimum absolute atomic E-state index is 0.596. The minimum Gasteiger partial charge on any atom is -0.251 e. The standard InChI is InChI=1S/C13H9F3N4/c1-20-12-10(7-19-20)9(4-5-17-12)8-2-3-11(18-6-8)13(14,15)16/h2-7H,1H3. The second-order valence-electron chi connectivity index (χ2n) is 4.29. The van der Waals surface area contributed by atoms with E-state index >= 15 is 0 Å². The van der Waals surface area contributed by atoms with Crippen LogP contribution in [0.25, 0.3) is 22.2 Å². The molecule has 20 heavy (non-hydrogen) atoms. The van der Waals surface area contributed by atoms with Crippen molar-refractivity contribution in [1.29, 1.82) is 0 Å². The van der Waals surface area contributed by atoms with E-state index in [9.17, 15) is 13.2 Å². The first-order valence-corrected chi connectivity index (χ1v) is 5.77. The van der Waals surface area contributed by atoms with Crippen LogP contribution >= 0.6 is 0 Å². The lowest BCUT2D eigenvalue weighted by molar-refractivity contribution is -0.141. The van der Waals surface area contributed by atoms with E-state index in [4.69, 9.17) is 0 Å². The van der Waals surface area contributed by atoms with Gasteiger partial charge in [-0.15, -0.1) is 0 Å². The van der Waals surface area contributed by atoms with Crippen LogP contribution in [0.15, 0.2) is 36.8 Å². The number of hydrogen-bond acceptors (Lipinski definition) is 3. The Balaban J connectivity index is 2.12. The van der Waals surface area contributed by atoms with Gasteiger partial charge in [-0.1, -0.05) is 6.07 Å². The third-order valence-electron chi connectivity index (χ3n) is 3.00. The van der Waals surface area contributed by atoms with E-state index in [-0.39, 0.29) is 0 Å². The van der Waals surface area contributed by atoms with Crippen molar-refractivity contribution in [2.45, 2.75) is 6.18 Å². The number of aromatic nitrogens is 4. The molecule has 3 rings (SSSR count). The highest BCUT2D eigenvalue weighted by atomic mass is 19.4. The number of pyridine rings is 2. The second-order valence-corrected chi connectivity index (χ2v) is 4.29. The Labute approximate surface area is 111 Å². The first-order valence-electron chi connectivity index (χ1n) is 5.77. The van der Waals surface area contributed by atoms with Gasteiger partial charge in [0, 0.05) is 30.4 Å². The summed E-state index contributed by atoms with van der Waals surface area (Å²) in [6, 6.07) is 4.10. The van der Waals surface area contributed by atoms with E-state index in [1.54, 1.807) is 30.2 Å². The average Bonchev–Trinajstić information content (AvgIpc) is 2.80. The third-order valence-corrected chi connectivity index (χ3v) is 3.00. The number of aryl methyl sites for hydroxylation is 1. The van der Waals surface area contributed by atoms with Crippen LogP contribution in [0.4, 0.5) is 13.2 Å². The SMILES string of the molecule is Cn1ncc2c(-c3ccc(C(F)(F)F)nc3)ccnc21. The van der Waals surface area contributed by atoms with Gasteiger partial charge in [0.05, 0.1) is 6.20 Å². The van der Waals surface area contributed by atoms with E-state index in [1.165, 1.54) is 12.3 Å². The number of fused-ring (bicyclic) bond motifs is 1. The van der Waals surface area contributed by atoms with E-state index < -0.39 is 11.9 Å². The third kappa shape index (κ3) is 2.01. The number of alkyl halides is 3. The molecule has 3 heterocycles. The van der Waals surface area contributed by atoms with Crippen molar-refractivity contribution < 1.29 is 13.2 Å². The predicted octanol–water partition coefficient (Wildman–Crippen LogP) is 3.05. The molecule has 0 saturated carbocycles. The van der Waals surface area contributed by atoms with Gasteiger partial charge in [-0.05, 0) is 17.7 Å². The molecule has 0 spiro atoms. The van der Waals surface area contributed by atoms with Crippen molar-refractivity contribution >= 4 is 11.0 Å². The summed E-state index contributed by atoms with van der Waals surface area (Å²) in [4.78, 5) is 7.65. The van der Waals surface area contributed by atoms with Gasteiger partial charge >= 0.3 is 6.18 Å². The maximum Gasteiger partial charge on any atom is 0.433 e. The molecule has 0 N–H and O–H groups in total. The van der Waals surface area contributed by atoms with Crippen LogP contribution in [0.2, 0.25) is 0 Å². The fourth-order valence-corrected chi connectivity index (χ4v) is 2.02. The molecule has 3 aromatic heterocycles. The minimum atomic E-state index is -4.43. The van der Waals surface area contributed by atoms with Gasteiger partial charge in [-0.25, -0.2) is 4.98 Å². The van der Waals surface area contributed by atoms with Crippen LogP contribution in [0.5, 0.6) is 0 Å². The molecule has 3 aromatic rings. The molecule has 0 fully saturated rings. The topological polar surface area (TPSA) is 43.6 Å². The summed E-state index contributed by atoms with van der Waals surface area (Å²) in [5.41, 5.74) is 1.11. The normalized spacial score (nSPS) is 12.0. The number of halogens is 3. The summed E-state index contributed by atoms with van der Waals surface area (Å²) in [6.45, 7) is 0. The number of hydrogen-bond donors (Lipinski definition) is 0. The lowest BCUT2D eigenvalue weighted by atomic mass is 10.1. The lowest BCUT2D eigenvalue weighted by Crippen LogP contribution is -2.07. The molecule has 0 saturated heterocycles. The van der Waals surface area contributed by atoms with Crippen LogP contribution in [-0.2, 0) is 13.2 Å². The van der Waals surface area contributed by atoms with Crippen molar-refractivity contribution in [3.05, 3.63) is 42.5 Å². The molecule has 0 bridgehead atoms. The molecule has 0 aromatic carbocycles. The maximum atomic E-state index is 12.5. The lowest BCUT2D eigenvalue weighted by Gasteiger charge is -2.07. The van der Waals surface area contributed by atoms with Gasteiger partial charge in [0.15, 0.2) is 5.65 Å². The summed E-state index contributed by atoms with van der Waals surface area (Å²) in [5, 5.41) is 4.87. The highest BCUT2D eigenvalue weighted by Gasteiger charge is 2.32. The molecule has 0 unspecified atom stereocenters. The van der Waals surface area contributed by atoms with E-state index in [0.29, 0.717) is 11.2 Å². The van der Waals surface area contributed by atoms with Crippen LogP contribution < -0.4 is 0 Å². The van der Waals surface area contributed by atoms with Gasteiger partial charge in [-0.2, -0.15) is 18.3 Å². The van der Waals surface area contributed by atoms with Gasteiger partial charge in [0.2, 0.25) is 0 Å². The average molecular weight is 278 g/mol. The van der Waals surface area contributed by atoms with Crippen LogP contribution in [0.1, 0.15) is 5.69 Å². The Morgan fingerprint density at radius 3 is 2.50 bits per heavy atom. The smallest absolute Gasteiger partial charge is 0.251 e. The highest BCUT2D eigenvalue weighted by Crippen LogP contribution is 2.30. The van der Waals surface area contributed by atoms with Gasteiger partial charge in [0.1, 0.15) is 5.69 Å². The van der Waals surface area contributed by atoms with Gasteiger partial charge in [-0.3, -0.25) is 9.67 Å². The Morgan fingerprint density at radius 1 is 1.05 bits per heavy atom. The Hall–Kier alpha value is -2.44. The molecular formula is C13H9F3N4. The molecule has 0 radical (unpaired) electrons. The number of rotatable bonds is 1. The second kappa shape index (κ2) is 4.29. The van der Waals surface area contributed by atoms with Crippen LogP contribution in [-0.4, -0.2) is 19.7 Å². The fourth-order valence-electron chi connectivity index (χ4n) is 2.02. The van der Waals surface area contributed by atoms with Crippen LogP contribution in [0.3, 0.4) is 0 Å². The molecule has 7 heteroatoms. The zero-order chi connectivity index (χ0) is 14.3. The van der Waals surface area contributed by atoms with Crippen molar-refractivity contribution in [1.82, 2.24) is 19.7 Å². The van der Waals surface area contributed by atoms with Crippen LogP contribution in [0, 0.1) is 0 Å². The molecular weight excluding hydrogens is 269 g/mol. The summed E-state index contributed by atoms with van der Waals surface area (Å²) >= 11 is 0. The Morgan fingerprint density at radius 2 is 1.85 bits per heavy atom. The zero-order valence-electron chi connectivity index (χ0n) is 10.4.